The zero-order chi connectivity index (χ0) is 23.3. The maximum absolute atomic E-state index is 12.2. The van der Waals surface area contributed by atoms with Crippen LogP contribution in [0.4, 0.5) is 5.69 Å². The Morgan fingerprint density at radius 1 is 0.970 bits per heavy atom. The van der Waals surface area contributed by atoms with Gasteiger partial charge in [-0.15, -0.1) is 0 Å². The number of hydrogen-bond donors (Lipinski definition) is 2. The van der Waals surface area contributed by atoms with E-state index in [1.807, 2.05) is 46.8 Å². The number of carbonyl (C=O) groups excluding carboxylic acids is 1. The lowest BCUT2D eigenvalue weighted by atomic mass is 10.1. The number of hydrogen-bond acceptors (Lipinski definition) is 5. The summed E-state index contributed by atoms with van der Waals surface area (Å²) in [5.74, 6) is 1.96. The molecule has 2 N–H and O–H groups in total. The molecule has 3 rings (SSSR count). The van der Waals surface area contributed by atoms with Crippen LogP contribution in [0.3, 0.4) is 0 Å². The molecule has 0 spiro atoms. The van der Waals surface area contributed by atoms with Crippen molar-refractivity contribution in [2.75, 3.05) is 42.6 Å². The first kappa shape index (κ1) is 25.2. The summed E-state index contributed by atoms with van der Waals surface area (Å²) in [6, 6.07) is 12.8. The van der Waals surface area contributed by atoms with E-state index in [1.54, 1.807) is 10.8 Å². The van der Waals surface area contributed by atoms with Gasteiger partial charge in [0.15, 0.2) is 12.4 Å². The number of nitrogens with one attached hydrogen (secondary N) is 2. The Bertz CT molecular complexity index is 907. The molecule has 1 aliphatic heterocycles. The molecule has 1 saturated heterocycles. The minimum Gasteiger partial charge on any atom is -0.388 e. The highest BCUT2D eigenvalue weighted by molar-refractivity contribution is 8.76. The quantitative estimate of drug-likeness (QED) is 0.252. The van der Waals surface area contributed by atoms with E-state index >= 15 is 0 Å². The minimum absolute atomic E-state index is 0.0379. The van der Waals surface area contributed by atoms with Crippen molar-refractivity contribution in [1.29, 1.82) is 0 Å². The van der Waals surface area contributed by atoms with Gasteiger partial charge >= 0.3 is 0 Å². The Labute approximate surface area is 206 Å². The molecule has 1 aromatic carbocycles. The minimum atomic E-state index is 0.0379. The van der Waals surface area contributed by atoms with Crippen LogP contribution in [-0.4, -0.2) is 43.6 Å². The van der Waals surface area contributed by atoms with Crippen LogP contribution in [0.2, 0.25) is 0 Å². The third-order valence-corrected chi connectivity index (χ3v) is 7.69. The summed E-state index contributed by atoms with van der Waals surface area (Å²) in [6.45, 7) is 10.1. The van der Waals surface area contributed by atoms with Gasteiger partial charge in [0, 0.05) is 61.2 Å². The van der Waals surface area contributed by atoms with Crippen molar-refractivity contribution < 1.29 is 9.36 Å². The lowest BCUT2D eigenvalue weighted by Gasteiger charge is -2.17. The second-order valence-electron chi connectivity index (χ2n) is 8.12. The summed E-state index contributed by atoms with van der Waals surface area (Å²) in [4.78, 5) is 14.6. The van der Waals surface area contributed by atoms with E-state index in [2.05, 4.69) is 58.5 Å². The summed E-state index contributed by atoms with van der Waals surface area (Å²) in [5.41, 5.74) is 4.62. The highest BCUT2D eigenvalue weighted by Gasteiger charge is 2.11. The Morgan fingerprint density at radius 2 is 1.55 bits per heavy atom. The van der Waals surface area contributed by atoms with Crippen molar-refractivity contribution in [3.8, 4) is 0 Å². The molecule has 2 heterocycles. The summed E-state index contributed by atoms with van der Waals surface area (Å²) in [6.07, 6.45) is 10.7. The zero-order valence-electron chi connectivity index (χ0n) is 19.5. The normalized spacial score (nSPS) is 13.4. The number of nitrogens with zero attached hydrogens (tertiary/aromatic N) is 2. The van der Waals surface area contributed by atoms with Crippen molar-refractivity contribution in [2.24, 2.45) is 0 Å². The van der Waals surface area contributed by atoms with Gasteiger partial charge in [0.2, 0.25) is 6.54 Å². The van der Waals surface area contributed by atoms with E-state index in [-0.39, 0.29) is 5.91 Å². The molecule has 0 aliphatic carbocycles. The lowest BCUT2D eigenvalue weighted by Crippen LogP contribution is -2.42. The van der Waals surface area contributed by atoms with Crippen molar-refractivity contribution in [3.05, 3.63) is 72.2 Å². The topological polar surface area (TPSA) is 48.2 Å². The predicted octanol–water partition coefficient (Wildman–Crippen LogP) is 4.37. The number of allylic oxidation sites excluding steroid dienone is 1. The van der Waals surface area contributed by atoms with Crippen LogP contribution in [0.5, 0.6) is 0 Å². The molecule has 7 heteroatoms. The first-order chi connectivity index (χ1) is 16.1. The summed E-state index contributed by atoms with van der Waals surface area (Å²) >= 11 is 0. The number of pyridine rings is 1. The maximum Gasteiger partial charge on any atom is 0.286 e. The molecule has 1 aliphatic rings. The molecule has 0 radical (unpaired) electrons. The van der Waals surface area contributed by atoms with Gasteiger partial charge in [0.25, 0.3) is 5.91 Å². The van der Waals surface area contributed by atoms with Gasteiger partial charge in [-0.05, 0) is 43.0 Å². The van der Waals surface area contributed by atoms with Crippen LogP contribution in [0.25, 0.3) is 12.2 Å². The second kappa shape index (κ2) is 14.0. The van der Waals surface area contributed by atoms with E-state index in [9.17, 15) is 4.79 Å². The predicted molar refractivity (Wildman–Crippen MR) is 144 cm³/mol. The van der Waals surface area contributed by atoms with Gasteiger partial charge in [0.05, 0.1) is 0 Å². The van der Waals surface area contributed by atoms with Gasteiger partial charge in [-0.3, -0.25) is 4.79 Å². The molecule has 1 amide bonds. The Kier molecular flexibility index (Phi) is 10.7. The van der Waals surface area contributed by atoms with Crippen LogP contribution in [0.15, 0.2) is 61.1 Å². The summed E-state index contributed by atoms with van der Waals surface area (Å²) in [5, 5.41) is 6.19. The van der Waals surface area contributed by atoms with Crippen molar-refractivity contribution in [2.45, 2.75) is 26.3 Å². The smallest absolute Gasteiger partial charge is 0.286 e. The molecule has 0 atom stereocenters. The van der Waals surface area contributed by atoms with Gasteiger partial charge in [-0.2, -0.15) is 4.57 Å². The summed E-state index contributed by atoms with van der Waals surface area (Å²) in [7, 11) is 3.59. The van der Waals surface area contributed by atoms with Crippen molar-refractivity contribution in [1.82, 2.24) is 10.6 Å². The molecule has 1 aromatic heterocycles. The fourth-order valence-electron chi connectivity index (χ4n) is 3.53. The molecular weight excluding hydrogens is 448 g/mol. The van der Waals surface area contributed by atoms with Crippen LogP contribution >= 0.6 is 21.6 Å². The number of rotatable bonds is 13. The molecule has 2 aromatic rings. The Hall–Kier alpha value is -2.38. The Balaban J connectivity index is 1.34. The van der Waals surface area contributed by atoms with Crippen molar-refractivity contribution >= 4 is 45.3 Å². The van der Waals surface area contributed by atoms with Gasteiger partial charge in [0.1, 0.15) is 0 Å². The molecule has 0 bridgehead atoms. The fraction of sp³-hybridized carbons (Fsp3) is 0.385. The lowest BCUT2D eigenvalue weighted by molar-refractivity contribution is -0.684. The molecule has 33 heavy (non-hydrogen) atoms. The number of benzene rings is 1. The first-order valence-corrected chi connectivity index (χ1v) is 14.0. The van der Waals surface area contributed by atoms with Crippen LogP contribution < -0.4 is 20.1 Å². The maximum atomic E-state index is 12.2. The number of aromatic nitrogens is 1. The van der Waals surface area contributed by atoms with Gasteiger partial charge in [-0.1, -0.05) is 52.5 Å². The number of amides is 1. The van der Waals surface area contributed by atoms with E-state index in [0.717, 1.165) is 29.3 Å². The van der Waals surface area contributed by atoms with Crippen LogP contribution in [-0.2, 0) is 11.3 Å². The van der Waals surface area contributed by atoms with E-state index in [4.69, 9.17) is 0 Å². The fourth-order valence-corrected chi connectivity index (χ4v) is 5.34. The SMILES string of the molecule is C=C(C)NCCSSCCNC(=O)C[n+]1ccc(/C=C/c2ccc(N3CCCC3)cc2)cc1. The average Bonchev–Trinajstić information content (AvgIpc) is 3.35. The van der Waals surface area contributed by atoms with E-state index in [1.165, 1.54) is 37.2 Å². The highest BCUT2D eigenvalue weighted by Crippen LogP contribution is 2.21. The standard InChI is InChI=1S/C26H34N4OS2/c1-22(2)27-13-19-32-33-20-14-28-26(31)21-29-17-11-24(12-18-29)6-5-23-7-9-25(10-8-23)30-15-3-4-16-30/h5-12,17-18,27H,1,3-4,13-16,19-21H2,2H3/p+1. The molecule has 176 valence electrons. The van der Waals surface area contributed by atoms with Gasteiger partial charge in [-0.25, -0.2) is 0 Å². The molecule has 0 unspecified atom stereocenters. The first-order valence-electron chi connectivity index (χ1n) is 11.5. The highest BCUT2D eigenvalue weighted by atomic mass is 33.1. The third-order valence-electron chi connectivity index (χ3n) is 5.28. The van der Waals surface area contributed by atoms with E-state index in [0.29, 0.717) is 13.1 Å². The average molecular weight is 484 g/mol. The second-order valence-corrected chi connectivity index (χ2v) is 10.8. The van der Waals surface area contributed by atoms with Crippen LogP contribution in [0, 0.1) is 0 Å². The zero-order valence-corrected chi connectivity index (χ0v) is 21.1. The Morgan fingerprint density at radius 3 is 2.15 bits per heavy atom. The number of anilines is 1. The monoisotopic (exact) mass is 483 g/mol. The van der Waals surface area contributed by atoms with E-state index < -0.39 is 0 Å². The number of carbonyl (C=O) groups is 1. The van der Waals surface area contributed by atoms with Crippen molar-refractivity contribution in [3.63, 3.8) is 0 Å². The summed E-state index contributed by atoms with van der Waals surface area (Å²) < 4.78 is 1.91. The molecule has 1 fully saturated rings. The molecular formula is C26H35N4OS2+. The third kappa shape index (κ3) is 9.56. The molecule has 5 nitrogen and oxygen atoms in total. The molecule has 0 saturated carbocycles. The van der Waals surface area contributed by atoms with Gasteiger partial charge < -0.3 is 15.5 Å². The van der Waals surface area contributed by atoms with Crippen LogP contribution in [0.1, 0.15) is 30.9 Å². The largest absolute Gasteiger partial charge is 0.388 e.